The smallest absolute Gasteiger partial charge is 0.345 e. The van der Waals surface area contributed by atoms with Crippen LogP contribution in [-0.4, -0.2) is 25.2 Å². The normalized spacial score (nSPS) is 10.6. The average molecular weight is 284 g/mol. The highest BCUT2D eigenvalue weighted by molar-refractivity contribution is 6.14. The van der Waals surface area contributed by atoms with Crippen LogP contribution in [-0.2, 0) is 19.1 Å². The molecule has 0 unspecified atom stereocenters. The Morgan fingerprint density at radius 3 is 1.75 bits per heavy atom. The molecule has 0 saturated heterocycles. The second kappa shape index (κ2) is 10.5. The van der Waals surface area contributed by atoms with Crippen LogP contribution in [0.25, 0.3) is 0 Å². The molecule has 0 atom stereocenters. The van der Waals surface area contributed by atoms with Gasteiger partial charge in [-0.25, -0.2) is 9.59 Å². The molecule has 0 N–H and O–H groups in total. The van der Waals surface area contributed by atoms with E-state index in [1.54, 1.807) is 6.08 Å². The topological polar surface area (TPSA) is 52.6 Å². The van der Waals surface area contributed by atoms with Crippen LogP contribution in [0.2, 0.25) is 0 Å². The third-order valence-electron chi connectivity index (χ3n) is 2.44. The minimum Gasteiger partial charge on any atom is -0.462 e. The fraction of sp³-hybridized carbons (Fsp3) is 0.750. The van der Waals surface area contributed by atoms with Gasteiger partial charge in [-0.1, -0.05) is 53.5 Å². The molecule has 4 nitrogen and oxygen atoms in total. The van der Waals surface area contributed by atoms with Gasteiger partial charge in [0.05, 0.1) is 13.2 Å². The number of unbranched alkanes of at least 4 members (excludes halogenated alkanes) is 2. The second-order valence-electron chi connectivity index (χ2n) is 5.74. The molecule has 0 bridgehead atoms. The van der Waals surface area contributed by atoms with Gasteiger partial charge in [0, 0.05) is 0 Å². The molecule has 0 aliphatic rings. The predicted octanol–water partition coefficient (Wildman–Crippen LogP) is 3.50. The van der Waals surface area contributed by atoms with Crippen LogP contribution in [0.3, 0.4) is 0 Å². The Hall–Kier alpha value is -1.32. The lowest BCUT2D eigenvalue weighted by Crippen LogP contribution is -2.21. The van der Waals surface area contributed by atoms with Crippen LogP contribution >= 0.6 is 0 Å². The van der Waals surface area contributed by atoms with E-state index in [1.165, 1.54) is 0 Å². The zero-order valence-electron chi connectivity index (χ0n) is 13.4. The number of ether oxygens (including phenoxy) is 2. The Balaban J connectivity index is 4.66. The van der Waals surface area contributed by atoms with E-state index in [-0.39, 0.29) is 17.4 Å². The van der Waals surface area contributed by atoms with Crippen LogP contribution in [0.5, 0.6) is 0 Å². The molecule has 0 aliphatic heterocycles. The SMILES string of the molecule is CCCCC=C(C(=O)OCC(C)C)C(=O)OCC(C)C. The summed E-state index contributed by atoms with van der Waals surface area (Å²) in [5.41, 5.74) is 0.0275. The largest absolute Gasteiger partial charge is 0.462 e. The maximum atomic E-state index is 11.9. The minimum absolute atomic E-state index is 0.0275. The van der Waals surface area contributed by atoms with E-state index in [9.17, 15) is 9.59 Å². The fourth-order valence-corrected chi connectivity index (χ4v) is 1.34. The summed E-state index contributed by atoms with van der Waals surface area (Å²) in [5.74, 6) is -0.683. The van der Waals surface area contributed by atoms with Gasteiger partial charge in [0.25, 0.3) is 0 Å². The summed E-state index contributed by atoms with van der Waals surface area (Å²) in [6.45, 7) is 10.5. The molecule has 116 valence electrons. The van der Waals surface area contributed by atoms with Crippen molar-refractivity contribution in [3.8, 4) is 0 Å². The van der Waals surface area contributed by atoms with E-state index in [0.29, 0.717) is 19.6 Å². The number of carbonyl (C=O) groups excluding carboxylic acids is 2. The zero-order chi connectivity index (χ0) is 15.5. The first-order valence-electron chi connectivity index (χ1n) is 7.42. The van der Waals surface area contributed by atoms with Gasteiger partial charge >= 0.3 is 11.9 Å². The summed E-state index contributed by atoms with van der Waals surface area (Å²) in [6.07, 6.45) is 4.25. The molecule has 0 spiro atoms. The Morgan fingerprint density at radius 2 is 1.40 bits per heavy atom. The van der Waals surface area contributed by atoms with Crippen LogP contribution in [0.15, 0.2) is 11.6 Å². The van der Waals surface area contributed by atoms with Gasteiger partial charge < -0.3 is 9.47 Å². The lowest BCUT2D eigenvalue weighted by Gasteiger charge is -2.11. The third-order valence-corrected chi connectivity index (χ3v) is 2.44. The number of carbonyl (C=O) groups is 2. The van der Waals surface area contributed by atoms with E-state index in [4.69, 9.17) is 9.47 Å². The Morgan fingerprint density at radius 1 is 0.950 bits per heavy atom. The molecular weight excluding hydrogens is 256 g/mol. The van der Waals surface area contributed by atoms with Crippen LogP contribution in [0.1, 0.15) is 53.9 Å². The van der Waals surface area contributed by atoms with Crippen molar-refractivity contribution in [3.63, 3.8) is 0 Å². The van der Waals surface area contributed by atoms with E-state index in [2.05, 4.69) is 6.92 Å². The van der Waals surface area contributed by atoms with E-state index >= 15 is 0 Å². The standard InChI is InChI=1S/C16H28O4/c1-6-7-8-9-14(15(17)19-10-12(2)3)16(18)20-11-13(4)5/h9,12-13H,6-8,10-11H2,1-5H3. The first-order valence-corrected chi connectivity index (χ1v) is 7.42. The molecule has 20 heavy (non-hydrogen) atoms. The van der Waals surface area contributed by atoms with Gasteiger partial charge in [0.2, 0.25) is 0 Å². The van der Waals surface area contributed by atoms with Crippen LogP contribution < -0.4 is 0 Å². The molecule has 0 aromatic carbocycles. The summed E-state index contributed by atoms with van der Waals surface area (Å²) in [7, 11) is 0. The predicted molar refractivity (Wildman–Crippen MR) is 79.2 cm³/mol. The summed E-state index contributed by atoms with van der Waals surface area (Å²) in [6, 6.07) is 0. The number of hydrogen-bond donors (Lipinski definition) is 0. The van der Waals surface area contributed by atoms with Crippen molar-refractivity contribution in [2.75, 3.05) is 13.2 Å². The van der Waals surface area contributed by atoms with Crippen molar-refractivity contribution < 1.29 is 19.1 Å². The molecule has 0 rings (SSSR count). The number of esters is 2. The van der Waals surface area contributed by atoms with E-state index in [1.807, 2.05) is 27.7 Å². The van der Waals surface area contributed by atoms with Gasteiger partial charge in [0.1, 0.15) is 5.57 Å². The summed E-state index contributed by atoms with van der Waals surface area (Å²) in [5, 5.41) is 0. The Labute approximate surface area is 122 Å². The third kappa shape index (κ3) is 8.73. The second-order valence-corrected chi connectivity index (χ2v) is 5.74. The van der Waals surface area contributed by atoms with Crippen molar-refractivity contribution in [2.45, 2.75) is 53.9 Å². The zero-order valence-corrected chi connectivity index (χ0v) is 13.4. The van der Waals surface area contributed by atoms with Crippen LogP contribution in [0.4, 0.5) is 0 Å². The molecule has 0 fully saturated rings. The number of allylic oxidation sites excluding steroid dienone is 1. The first-order chi connectivity index (χ1) is 9.38. The summed E-state index contributed by atoms with van der Waals surface area (Å²) >= 11 is 0. The van der Waals surface area contributed by atoms with Gasteiger partial charge in [-0.05, 0) is 18.3 Å². The molecule has 0 saturated carbocycles. The molecule has 0 aromatic rings. The average Bonchev–Trinajstić information content (AvgIpc) is 2.38. The van der Waals surface area contributed by atoms with Crippen molar-refractivity contribution >= 4 is 11.9 Å². The highest BCUT2D eigenvalue weighted by Gasteiger charge is 2.21. The molecule has 0 heterocycles. The summed E-state index contributed by atoms with van der Waals surface area (Å²) < 4.78 is 10.2. The number of rotatable bonds is 9. The Kier molecular flexibility index (Phi) is 9.77. The molecule has 0 aliphatic carbocycles. The number of hydrogen-bond acceptors (Lipinski definition) is 4. The molecule has 0 radical (unpaired) electrons. The van der Waals surface area contributed by atoms with E-state index in [0.717, 1.165) is 12.8 Å². The van der Waals surface area contributed by atoms with Crippen molar-refractivity contribution in [2.24, 2.45) is 11.8 Å². The monoisotopic (exact) mass is 284 g/mol. The van der Waals surface area contributed by atoms with Crippen molar-refractivity contribution in [3.05, 3.63) is 11.6 Å². The van der Waals surface area contributed by atoms with Crippen molar-refractivity contribution in [1.82, 2.24) is 0 Å². The summed E-state index contributed by atoms with van der Waals surface area (Å²) in [4.78, 5) is 23.9. The van der Waals surface area contributed by atoms with Crippen molar-refractivity contribution in [1.29, 1.82) is 0 Å². The molecule has 0 aromatic heterocycles. The fourth-order valence-electron chi connectivity index (χ4n) is 1.34. The lowest BCUT2D eigenvalue weighted by molar-refractivity contribution is -0.148. The highest BCUT2D eigenvalue weighted by atomic mass is 16.6. The first kappa shape index (κ1) is 18.7. The highest BCUT2D eigenvalue weighted by Crippen LogP contribution is 2.09. The maximum Gasteiger partial charge on any atom is 0.345 e. The Bertz CT molecular complexity index is 303. The molecule has 4 heteroatoms. The van der Waals surface area contributed by atoms with Gasteiger partial charge in [-0.15, -0.1) is 0 Å². The van der Waals surface area contributed by atoms with Gasteiger partial charge in [-0.3, -0.25) is 0 Å². The molecular formula is C16H28O4. The molecule has 0 amide bonds. The quantitative estimate of drug-likeness (QED) is 0.214. The minimum atomic E-state index is -0.580. The van der Waals surface area contributed by atoms with Gasteiger partial charge in [-0.2, -0.15) is 0 Å². The van der Waals surface area contributed by atoms with Gasteiger partial charge in [0.15, 0.2) is 0 Å². The lowest BCUT2D eigenvalue weighted by atomic mass is 10.1. The van der Waals surface area contributed by atoms with Crippen LogP contribution in [0, 0.1) is 11.8 Å². The maximum absolute atomic E-state index is 11.9. The van der Waals surface area contributed by atoms with E-state index < -0.39 is 11.9 Å².